The summed E-state index contributed by atoms with van der Waals surface area (Å²) < 4.78 is 10.8. The molecular formula is C17H22N2O6. The average Bonchev–Trinajstić information content (AvgIpc) is 2.61. The van der Waals surface area contributed by atoms with Gasteiger partial charge in [-0.05, 0) is 25.3 Å². The molecule has 1 aliphatic heterocycles. The molecule has 8 heteroatoms. The first kappa shape index (κ1) is 18.7. The number of hydrogen-bond acceptors (Lipinski definition) is 6. The molecule has 8 nitrogen and oxygen atoms in total. The van der Waals surface area contributed by atoms with Crippen molar-refractivity contribution in [3.63, 3.8) is 0 Å². The Kier molecular flexibility index (Phi) is 5.95. The summed E-state index contributed by atoms with van der Waals surface area (Å²) in [6, 6.07) is 3.18. The minimum atomic E-state index is -0.849. The standard InChI is InChI=1S/C17H22N2O6/c1-4-9-24-17(21)12(5-2)18-13-10-11(19(22)23)7-8-15(13)25-14(6-3)16(18)20/h7-8,10,12,14H,4-6,9H2,1-3H3. The lowest BCUT2D eigenvalue weighted by Crippen LogP contribution is -2.53. The molecule has 25 heavy (non-hydrogen) atoms. The summed E-state index contributed by atoms with van der Waals surface area (Å²) in [5.41, 5.74) is 0.0519. The minimum absolute atomic E-state index is 0.174. The normalized spacial score (nSPS) is 17.5. The van der Waals surface area contributed by atoms with Crippen molar-refractivity contribution in [3.8, 4) is 5.75 Å². The highest BCUT2D eigenvalue weighted by Gasteiger charge is 2.41. The third-order valence-electron chi connectivity index (χ3n) is 3.98. The van der Waals surface area contributed by atoms with Crippen LogP contribution < -0.4 is 9.64 Å². The number of anilines is 1. The molecule has 0 saturated heterocycles. The van der Waals surface area contributed by atoms with Crippen molar-refractivity contribution in [1.29, 1.82) is 0 Å². The highest BCUT2D eigenvalue weighted by Crippen LogP contribution is 2.39. The maximum Gasteiger partial charge on any atom is 0.329 e. The Morgan fingerprint density at radius 1 is 1.40 bits per heavy atom. The van der Waals surface area contributed by atoms with Gasteiger partial charge in [-0.1, -0.05) is 20.8 Å². The van der Waals surface area contributed by atoms with Gasteiger partial charge in [0.25, 0.3) is 11.6 Å². The van der Waals surface area contributed by atoms with E-state index in [1.165, 1.54) is 23.1 Å². The summed E-state index contributed by atoms with van der Waals surface area (Å²) in [5.74, 6) is -0.568. The summed E-state index contributed by atoms with van der Waals surface area (Å²) in [6.45, 7) is 5.69. The molecule has 2 atom stereocenters. The fraction of sp³-hybridized carbons (Fsp3) is 0.529. The highest BCUT2D eigenvalue weighted by molar-refractivity contribution is 6.04. The molecule has 1 amide bonds. The van der Waals surface area contributed by atoms with Crippen LogP contribution in [0.4, 0.5) is 11.4 Å². The van der Waals surface area contributed by atoms with E-state index in [4.69, 9.17) is 9.47 Å². The van der Waals surface area contributed by atoms with Crippen LogP contribution in [-0.4, -0.2) is 35.6 Å². The topological polar surface area (TPSA) is 99.0 Å². The first-order valence-electron chi connectivity index (χ1n) is 8.39. The van der Waals surface area contributed by atoms with Gasteiger partial charge in [0.1, 0.15) is 11.8 Å². The van der Waals surface area contributed by atoms with E-state index in [-0.39, 0.29) is 18.0 Å². The molecule has 1 aromatic carbocycles. The molecular weight excluding hydrogens is 328 g/mol. The van der Waals surface area contributed by atoms with E-state index in [9.17, 15) is 19.7 Å². The second-order valence-electron chi connectivity index (χ2n) is 5.72. The van der Waals surface area contributed by atoms with E-state index < -0.39 is 28.9 Å². The number of esters is 1. The predicted molar refractivity (Wildman–Crippen MR) is 90.6 cm³/mol. The number of hydrogen-bond donors (Lipinski definition) is 0. The Labute approximate surface area is 145 Å². The van der Waals surface area contributed by atoms with Crippen LogP contribution in [-0.2, 0) is 14.3 Å². The second kappa shape index (κ2) is 7.96. The first-order valence-corrected chi connectivity index (χ1v) is 8.39. The van der Waals surface area contributed by atoms with Gasteiger partial charge in [0.05, 0.1) is 17.2 Å². The SMILES string of the molecule is CCCOC(=O)C(CC)N1C(=O)C(CC)Oc2ccc([N+](=O)[O-])cc21. The molecule has 2 rings (SSSR count). The quantitative estimate of drug-likeness (QED) is 0.426. The zero-order valence-electron chi connectivity index (χ0n) is 14.6. The largest absolute Gasteiger partial charge is 0.478 e. The summed E-state index contributed by atoms with van der Waals surface area (Å²) in [5, 5.41) is 11.1. The Morgan fingerprint density at radius 3 is 2.68 bits per heavy atom. The number of nitro benzene ring substituents is 1. The summed E-state index contributed by atoms with van der Waals surface area (Å²) in [7, 11) is 0. The number of rotatable bonds is 7. The summed E-state index contributed by atoms with van der Waals surface area (Å²) in [6.07, 6.45) is 0.680. The molecule has 0 saturated carbocycles. The van der Waals surface area contributed by atoms with Gasteiger partial charge in [0.15, 0.2) is 6.10 Å². The number of nitrogens with zero attached hydrogens (tertiary/aromatic N) is 2. The fourth-order valence-electron chi connectivity index (χ4n) is 2.72. The van der Waals surface area contributed by atoms with Crippen molar-refractivity contribution in [1.82, 2.24) is 0 Å². The summed E-state index contributed by atoms with van der Waals surface area (Å²) >= 11 is 0. The second-order valence-corrected chi connectivity index (χ2v) is 5.72. The molecule has 1 aliphatic rings. The Bertz CT molecular complexity index is 675. The third-order valence-corrected chi connectivity index (χ3v) is 3.98. The van der Waals surface area contributed by atoms with Crippen LogP contribution in [0.3, 0.4) is 0 Å². The average molecular weight is 350 g/mol. The highest BCUT2D eigenvalue weighted by atomic mass is 16.6. The van der Waals surface area contributed by atoms with Crippen LogP contribution in [0.15, 0.2) is 18.2 Å². The van der Waals surface area contributed by atoms with E-state index in [0.29, 0.717) is 25.0 Å². The molecule has 2 unspecified atom stereocenters. The van der Waals surface area contributed by atoms with E-state index in [0.717, 1.165) is 0 Å². The van der Waals surface area contributed by atoms with Gasteiger partial charge >= 0.3 is 5.97 Å². The van der Waals surface area contributed by atoms with E-state index in [1.807, 2.05) is 6.92 Å². The number of carbonyl (C=O) groups excluding carboxylic acids is 2. The van der Waals surface area contributed by atoms with Crippen molar-refractivity contribution in [3.05, 3.63) is 28.3 Å². The molecule has 1 heterocycles. The Balaban J connectivity index is 2.49. The Morgan fingerprint density at radius 2 is 2.12 bits per heavy atom. The molecule has 136 valence electrons. The molecule has 1 aromatic rings. The van der Waals surface area contributed by atoms with Crippen LogP contribution >= 0.6 is 0 Å². The van der Waals surface area contributed by atoms with Crippen molar-refractivity contribution in [2.24, 2.45) is 0 Å². The summed E-state index contributed by atoms with van der Waals surface area (Å²) in [4.78, 5) is 37.0. The maximum absolute atomic E-state index is 12.8. The van der Waals surface area contributed by atoms with Gasteiger partial charge in [0.2, 0.25) is 0 Å². The van der Waals surface area contributed by atoms with Gasteiger partial charge in [0, 0.05) is 12.1 Å². The lowest BCUT2D eigenvalue weighted by Gasteiger charge is -2.37. The van der Waals surface area contributed by atoms with Crippen molar-refractivity contribution >= 4 is 23.3 Å². The third kappa shape index (κ3) is 3.72. The van der Waals surface area contributed by atoms with Gasteiger partial charge in [-0.3, -0.25) is 19.8 Å². The molecule has 0 aliphatic carbocycles. The minimum Gasteiger partial charge on any atom is -0.478 e. The van der Waals surface area contributed by atoms with Gasteiger partial charge in [-0.15, -0.1) is 0 Å². The first-order chi connectivity index (χ1) is 11.9. The number of carbonyl (C=O) groups is 2. The number of non-ortho nitro benzene ring substituents is 1. The van der Waals surface area contributed by atoms with Crippen LogP contribution in [0.2, 0.25) is 0 Å². The van der Waals surface area contributed by atoms with E-state index in [1.54, 1.807) is 13.8 Å². The van der Waals surface area contributed by atoms with Gasteiger partial charge in [-0.2, -0.15) is 0 Å². The van der Waals surface area contributed by atoms with Crippen LogP contribution in [0, 0.1) is 10.1 Å². The fourth-order valence-corrected chi connectivity index (χ4v) is 2.72. The van der Waals surface area contributed by atoms with Crippen molar-refractivity contribution in [2.75, 3.05) is 11.5 Å². The smallest absolute Gasteiger partial charge is 0.329 e. The zero-order valence-corrected chi connectivity index (χ0v) is 14.6. The molecule has 0 fully saturated rings. The van der Waals surface area contributed by atoms with E-state index in [2.05, 4.69) is 0 Å². The molecule has 0 N–H and O–H groups in total. The Hall–Kier alpha value is -2.64. The molecule has 0 radical (unpaired) electrons. The number of fused-ring (bicyclic) bond motifs is 1. The lowest BCUT2D eigenvalue weighted by atomic mass is 10.1. The predicted octanol–water partition coefficient (Wildman–Crippen LogP) is 2.83. The lowest BCUT2D eigenvalue weighted by molar-refractivity contribution is -0.384. The van der Waals surface area contributed by atoms with E-state index >= 15 is 0 Å². The molecule has 0 bridgehead atoms. The molecule has 0 aromatic heterocycles. The number of amides is 1. The van der Waals surface area contributed by atoms with Crippen molar-refractivity contribution < 1.29 is 24.0 Å². The monoisotopic (exact) mass is 350 g/mol. The van der Waals surface area contributed by atoms with Gasteiger partial charge < -0.3 is 9.47 Å². The van der Waals surface area contributed by atoms with Crippen LogP contribution in [0.1, 0.15) is 40.0 Å². The van der Waals surface area contributed by atoms with Crippen molar-refractivity contribution in [2.45, 2.75) is 52.2 Å². The number of benzene rings is 1. The number of ether oxygens (including phenoxy) is 2. The maximum atomic E-state index is 12.8. The number of nitro groups is 1. The van der Waals surface area contributed by atoms with Crippen LogP contribution in [0.5, 0.6) is 5.75 Å². The van der Waals surface area contributed by atoms with Gasteiger partial charge in [-0.25, -0.2) is 4.79 Å². The molecule has 0 spiro atoms. The van der Waals surface area contributed by atoms with Crippen LogP contribution in [0.25, 0.3) is 0 Å². The zero-order chi connectivity index (χ0) is 18.6.